The first kappa shape index (κ1) is 12.1. The number of benzene rings is 1. The molecule has 3 rings (SSSR count). The molecule has 0 radical (unpaired) electrons. The van der Waals surface area contributed by atoms with Gasteiger partial charge < -0.3 is 10.0 Å². The Morgan fingerprint density at radius 3 is 2.16 bits per heavy atom. The van der Waals surface area contributed by atoms with E-state index in [1.54, 1.807) is 0 Å². The molecule has 0 amide bonds. The van der Waals surface area contributed by atoms with Crippen molar-refractivity contribution in [2.45, 2.75) is 19.4 Å². The van der Waals surface area contributed by atoms with Crippen molar-refractivity contribution in [1.82, 2.24) is 10.2 Å². The lowest BCUT2D eigenvalue weighted by Crippen LogP contribution is -2.27. The molecule has 19 heavy (non-hydrogen) atoms. The van der Waals surface area contributed by atoms with Crippen LogP contribution in [0.5, 0.6) is 0 Å². The Hall–Kier alpha value is -1.94. The van der Waals surface area contributed by atoms with Crippen LogP contribution in [0, 0.1) is 0 Å². The number of aliphatic hydroxyl groups excluding tert-OH is 1. The van der Waals surface area contributed by atoms with E-state index in [9.17, 15) is 0 Å². The van der Waals surface area contributed by atoms with Crippen LogP contribution < -0.4 is 4.90 Å². The Bertz CT molecular complexity index is 527. The van der Waals surface area contributed by atoms with Crippen molar-refractivity contribution in [1.29, 1.82) is 0 Å². The Morgan fingerprint density at radius 1 is 0.947 bits per heavy atom. The number of hydrogen-bond acceptors (Lipinski definition) is 4. The molecule has 0 saturated carbocycles. The number of aromatic nitrogens is 2. The molecule has 1 aromatic carbocycles. The second kappa shape index (κ2) is 5.36. The number of rotatable bonds is 2. The number of anilines is 1. The van der Waals surface area contributed by atoms with Crippen LogP contribution in [-0.4, -0.2) is 28.4 Å². The third kappa shape index (κ3) is 2.58. The van der Waals surface area contributed by atoms with Gasteiger partial charge >= 0.3 is 0 Å². The molecule has 2 heterocycles. The van der Waals surface area contributed by atoms with Gasteiger partial charge in [-0.1, -0.05) is 24.3 Å². The van der Waals surface area contributed by atoms with Crippen molar-refractivity contribution in [3.05, 3.63) is 53.2 Å². The van der Waals surface area contributed by atoms with Crippen LogP contribution in [0.25, 0.3) is 0 Å². The Balaban J connectivity index is 1.77. The summed E-state index contributed by atoms with van der Waals surface area (Å²) in [7, 11) is 0. The van der Waals surface area contributed by atoms with Crippen molar-refractivity contribution in [3.63, 3.8) is 0 Å². The van der Waals surface area contributed by atoms with Gasteiger partial charge in [0.05, 0.1) is 12.3 Å². The highest BCUT2D eigenvalue weighted by Crippen LogP contribution is 2.19. The van der Waals surface area contributed by atoms with E-state index >= 15 is 0 Å². The fraction of sp³-hybridized carbons (Fsp3) is 0.333. The van der Waals surface area contributed by atoms with E-state index in [1.165, 1.54) is 11.1 Å². The summed E-state index contributed by atoms with van der Waals surface area (Å²) in [5.74, 6) is 0.894. The average molecular weight is 255 g/mol. The molecule has 0 fully saturated rings. The first-order valence-corrected chi connectivity index (χ1v) is 6.62. The molecule has 2 aromatic rings. The molecular weight excluding hydrogens is 238 g/mol. The third-order valence-electron chi connectivity index (χ3n) is 3.61. The average Bonchev–Trinajstić information content (AvgIpc) is 2.70. The minimum atomic E-state index is -0.0568. The molecule has 0 spiro atoms. The first-order valence-electron chi connectivity index (χ1n) is 6.62. The molecule has 0 bridgehead atoms. The summed E-state index contributed by atoms with van der Waals surface area (Å²) in [4.78, 5) is 2.26. The van der Waals surface area contributed by atoms with E-state index in [4.69, 9.17) is 5.11 Å². The second-order valence-electron chi connectivity index (χ2n) is 4.80. The molecule has 0 aliphatic carbocycles. The maximum Gasteiger partial charge on any atom is 0.151 e. The lowest BCUT2D eigenvalue weighted by molar-refractivity contribution is 0.275. The zero-order valence-corrected chi connectivity index (χ0v) is 10.8. The monoisotopic (exact) mass is 255 g/mol. The smallest absolute Gasteiger partial charge is 0.151 e. The van der Waals surface area contributed by atoms with Crippen molar-refractivity contribution >= 4 is 5.82 Å². The summed E-state index contributed by atoms with van der Waals surface area (Å²) in [6, 6.07) is 12.4. The molecule has 1 aromatic heterocycles. The van der Waals surface area contributed by atoms with Gasteiger partial charge in [0.1, 0.15) is 0 Å². The van der Waals surface area contributed by atoms with Crippen LogP contribution in [-0.2, 0) is 19.4 Å². The topological polar surface area (TPSA) is 49.2 Å². The van der Waals surface area contributed by atoms with Gasteiger partial charge in [0.2, 0.25) is 0 Å². The fourth-order valence-corrected chi connectivity index (χ4v) is 2.50. The molecule has 1 aliphatic heterocycles. The standard InChI is InChI=1S/C15H17N3O/c19-11-14-5-6-15(17-16-14)18-9-7-12-3-1-2-4-13(12)8-10-18/h1-6,19H,7-11H2. The van der Waals surface area contributed by atoms with E-state index in [1.807, 2.05) is 12.1 Å². The maximum atomic E-state index is 8.99. The summed E-state index contributed by atoms with van der Waals surface area (Å²) in [5.41, 5.74) is 3.48. The molecule has 1 aliphatic rings. The highest BCUT2D eigenvalue weighted by Gasteiger charge is 2.14. The molecule has 4 heteroatoms. The van der Waals surface area contributed by atoms with Crippen molar-refractivity contribution < 1.29 is 5.11 Å². The minimum absolute atomic E-state index is 0.0568. The summed E-state index contributed by atoms with van der Waals surface area (Å²) in [6.07, 6.45) is 2.08. The Labute approximate surface area is 112 Å². The maximum absolute atomic E-state index is 8.99. The van der Waals surface area contributed by atoms with Gasteiger partial charge in [0.25, 0.3) is 0 Å². The van der Waals surface area contributed by atoms with Crippen LogP contribution >= 0.6 is 0 Å². The summed E-state index contributed by atoms with van der Waals surface area (Å²) < 4.78 is 0. The molecule has 98 valence electrons. The second-order valence-corrected chi connectivity index (χ2v) is 4.80. The van der Waals surface area contributed by atoms with Crippen LogP contribution in [0.2, 0.25) is 0 Å². The predicted molar refractivity (Wildman–Crippen MR) is 74.0 cm³/mol. The molecule has 0 saturated heterocycles. The SMILES string of the molecule is OCc1ccc(N2CCc3ccccc3CC2)nn1. The Kier molecular flexibility index (Phi) is 3.42. The van der Waals surface area contributed by atoms with Crippen LogP contribution in [0.3, 0.4) is 0 Å². The highest BCUT2D eigenvalue weighted by atomic mass is 16.3. The summed E-state index contributed by atoms with van der Waals surface area (Å²) in [6.45, 7) is 1.87. The molecule has 1 N–H and O–H groups in total. The third-order valence-corrected chi connectivity index (χ3v) is 3.61. The van der Waals surface area contributed by atoms with Crippen molar-refractivity contribution in [3.8, 4) is 0 Å². The highest BCUT2D eigenvalue weighted by molar-refractivity contribution is 5.40. The Morgan fingerprint density at radius 2 is 1.63 bits per heavy atom. The number of fused-ring (bicyclic) bond motifs is 1. The summed E-state index contributed by atoms with van der Waals surface area (Å²) >= 11 is 0. The van der Waals surface area contributed by atoms with Crippen molar-refractivity contribution in [2.24, 2.45) is 0 Å². The van der Waals surface area contributed by atoms with E-state index < -0.39 is 0 Å². The lowest BCUT2D eigenvalue weighted by atomic mass is 10.0. The van der Waals surface area contributed by atoms with Gasteiger partial charge in [0, 0.05) is 13.1 Å². The van der Waals surface area contributed by atoms with Gasteiger partial charge in [-0.2, -0.15) is 5.10 Å². The van der Waals surface area contributed by atoms with Crippen LogP contribution in [0.1, 0.15) is 16.8 Å². The number of aliphatic hydroxyl groups is 1. The largest absolute Gasteiger partial charge is 0.390 e. The zero-order chi connectivity index (χ0) is 13.1. The minimum Gasteiger partial charge on any atom is -0.390 e. The van der Waals surface area contributed by atoms with Gasteiger partial charge in [-0.05, 0) is 36.1 Å². The number of nitrogens with zero attached hydrogens (tertiary/aromatic N) is 3. The van der Waals surface area contributed by atoms with Gasteiger partial charge in [0.15, 0.2) is 5.82 Å². The quantitative estimate of drug-likeness (QED) is 0.885. The van der Waals surface area contributed by atoms with Gasteiger partial charge in [-0.25, -0.2) is 0 Å². The van der Waals surface area contributed by atoms with Crippen LogP contribution in [0.15, 0.2) is 36.4 Å². The zero-order valence-electron chi connectivity index (χ0n) is 10.8. The van der Waals surface area contributed by atoms with E-state index in [-0.39, 0.29) is 6.61 Å². The lowest BCUT2D eigenvalue weighted by Gasteiger charge is -2.20. The van der Waals surface area contributed by atoms with Crippen molar-refractivity contribution in [2.75, 3.05) is 18.0 Å². The van der Waals surface area contributed by atoms with Gasteiger partial charge in [-0.3, -0.25) is 0 Å². The van der Waals surface area contributed by atoms with E-state index in [0.717, 1.165) is 31.7 Å². The summed E-state index contributed by atoms with van der Waals surface area (Å²) in [5, 5.41) is 17.2. The molecule has 0 unspecified atom stereocenters. The molecule has 4 nitrogen and oxygen atoms in total. The van der Waals surface area contributed by atoms with E-state index in [2.05, 4.69) is 39.4 Å². The molecule has 0 atom stereocenters. The normalized spacial score (nSPS) is 14.9. The number of hydrogen-bond donors (Lipinski definition) is 1. The van der Waals surface area contributed by atoms with Gasteiger partial charge in [-0.15, -0.1) is 5.10 Å². The first-order chi connectivity index (χ1) is 9.36. The molecular formula is C15H17N3O. The van der Waals surface area contributed by atoms with E-state index in [0.29, 0.717) is 5.69 Å². The fourth-order valence-electron chi connectivity index (χ4n) is 2.50. The van der Waals surface area contributed by atoms with Crippen LogP contribution in [0.4, 0.5) is 5.82 Å². The predicted octanol–water partition coefficient (Wildman–Crippen LogP) is 1.57.